The fourth-order valence-corrected chi connectivity index (χ4v) is 2.13. The zero-order valence-electron chi connectivity index (χ0n) is 9.53. The van der Waals surface area contributed by atoms with Crippen molar-refractivity contribution in [2.24, 2.45) is 5.92 Å². The standard InChI is InChI=1S/C12H19N3/c1-9-4-3-7-15(8-9)12-6-5-11(13)10(2)14-12/h5-6,9H,3-4,7-8,13H2,1-2H3. The van der Waals surface area contributed by atoms with Crippen LogP contribution in [0.3, 0.4) is 0 Å². The van der Waals surface area contributed by atoms with Crippen molar-refractivity contribution in [3.8, 4) is 0 Å². The molecule has 15 heavy (non-hydrogen) atoms. The smallest absolute Gasteiger partial charge is 0.128 e. The number of rotatable bonds is 1. The third-order valence-electron chi connectivity index (χ3n) is 3.09. The SMILES string of the molecule is Cc1nc(N2CCCC(C)C2)ccc1N. The highest BCUT2D eigenvalue weighted by atomic mass is 15.2. The maximum absolute atomic E-state index is 5.76. The third-order valence-corrected chi connectivity index (χ3v) is 3.09. The Bertz CT molecular complexity index is 349. The van der Waals surface area contributed by atoms with E-state index in [1.165, 1.54) is 12.8 Å². The zero-order chi connectivity index (χ0) is 10.8. The van der Waals surface area contributed by atoms with Crippen LogP contribution in [0.1, 0.15) is 25.5 Å². The Kier molecular flexibility index (Phi) is 2.80. The molecule has 1 unspecified atom stereocenters. The first-order valence-corrected chi connectivity index (χ1v) is 5.65. The van der Waals surface area contributed by atoms with Crippen molar-refractivity contribution in [2.75, 3.05) is 23.7 Å². The molecule has 1 atom stereocenters. The van der Waals surface area contributed by atoms with Crippen molar-refractivity contribution in [2.45, 2.75) is 26.7 Å². The van der Waals surface area contributed by atoms with Crippen LogP contribution in [-0.4, -0.2) is 18.1 Å². The minimum absolute atomic E-state index is 0.776. The average Bonchev–Trinajstić information content (AvgIpc) is 2.22. The minimum Gasteiger partial charge on any atom is -0.397 e. The molecule has 0 aliphatic carbocycles. The molecule has 1 aromatic heterocycles. The Morgan fingerprint density at radius 2 is 2.27 bits per heavy atom. The number of aromatic nitrogens is 1. The molecule has 0 radical (unpaired) electrons. The van der Waals surface area contributed by atoms with Gasteiger partial charge in [-0.05, 0) is 37.8 Å². The first-order valence-electron chi connectivity index (χ1n) is 5.65. The predicted octanol–water partition coefficient (Wildman–Crippen LogP) is 2.21. The first-order chi connectivity index (χ1) is 7.16. The van der Waals surface area contributed by atoms with Gasteiger partial charge in [0.05, 0.1) is 11.4 Å². The van der Waals surface area contributed by atoms with Crippen LogP contribution in [-0.2, 0) is 0 Å². The Hall–Kier alpha value is -1.25. The molecule has 3 heteroatoms. The summed E-state index contributed by atoms with van der Waals surface area (Å²) < 4.78 is 0. The molecule has 1 fully saturated rings. The van der Waals surface area contributed by atoms with Crippen LogP contribution in [0.4, 0.5) is 11.5 Å². The number of hydrogen-bond donors (Lipinski definition) is 1. The van der Waals surface area contributed by atoms with Crippen molar-refractivity contribution < 1.29 is 0 Å². The van der Waals surface area contributed by atoms with Crippen LogP contribution < -0.4 is 10.6 Å². The van der Waals surface area contributed by atoms with Gasteiger partial charge in [-0.15, -0.1) is 0 Å². The van der Waals surface area contributed by atoms with Crippen LogP contribution in [0.15, 0.2) is 12.1 Å². The summed E-state index contributed by atoms with van der Waals surface area (Å²) in [5, 5.41) is 0. The van der Waals surface area contributed by atoms with Gasteiger partial charge in [-0.1, -0.05) is 6.92 Å². The Morgan fingerprint density at radius 3 is 2.93 bits per heavy atom. The largest absolute Gasteiger partial charge is 0.397 e. The van der Waals surface area contributed by atoms with E-state index in [9.17, 15) is 0 Å². The van der Waals surface area contributed by atoms with Gasteiger partial charge in [0, 0.05) is 13.1 Å². The van der Waals surface area contributed by atoms with Crippen molar-refractivity contribution in [3.05, 3.63) is 17.8 Å². The summed E-state index contributed by atoms with van der Waals surface area (Å²) in [6.07, 6.45) is 2.61. The molecule has 3 nitrogen and oxygen atoms in total. The van der Waals surface area contributed by atoms with E-state index in [1.54, 1.807) is 0 Å². The number of pyridine rings is 1. The molecule has 0 amide bonds. The molecule has 0 spiro atoms. The summed E-state index contributed by atoms with van der Waals surface area (Å²) in [5.41, 5.74) is 7.48. The number of piperidine rings is 1. The topological polar surface area (TPSA) is 42.2 Å². The number of nitrogens with two attached hydrogens (primary N) is 1. The van der Waals surface area contributed by atoms with Crippen LogP contribution in [0.2, 0.25) is 0 Å². The predicted molar refractivity (Wildman–Crippen MR) is 64.0 cm³/mol. The van der Waals surface area contributed by atoms with E-state index in [2.05, 4.69) is 16.8 Å². The molecular formula is C12H19N3. The third kappa shape index (κ3) is 2.22. The van der Waals surface area contributed by atoms with Crippen molar-refractivity contribution >= 4 is 11.5 Å². The maximum atomic E-state index is 5.76. The van der Waals surface area contributed by atoms with Crippen molar-refractivity contribution in [3.63, 3.8) is 0 Å². The second-order valence-corrected chi connectivity index (χ2v) is 4.54. The molecule has 1 aliphatic rings. The van der Waals surface area contributed by atoms with E-state index in [0.29, 0.717) is 0 Å². The maximum Gasteiger partial charge on any atom is 0.128 e. The molecular weight excluding hydrogens is 186 g/mol. The molecule has 82 valence electrons. The molecule has 2 rings (SSSR count). The van der Waals surface area contributed by atoms with Gasteiger partial charge in [0.15, 0.2) is 0 Å². The van der Waals surface area contributed by atoms with Gasteiger partial charge in [-0.25, -0.2) is 4.98 Å². The van der Waals surface area contributed by atoms with E-state index in [0.717, 1.165) is 36.2 Å². The minimum atomic E-state index is 0.776. The second-order valence-electron chi connectivity index (χ2n) is 4.54. The van der Waals surface area contributed by atoms with E-state index >= 15 is 0 Å². The van der Waals surface area contributed by atoms with Crippen LogP contribution in [0.25, 0.3) is 0 Å². The lowest BCUT2D eigenvalue weighted by molar-refractivity contribution is 0.444. The molecule has 0 aromatic carbocycles. The van der Waals surface area contributed by atoms with E-state index in [1.807, 2.05) is 19.1 Å². The lowest BCUT2D eigenvalue weighted by Gasteiger charge is -2.32. The second kappa shape index (κ2) is 4.09. The normalized spacial score (nSPS) is 21.7. The van der Waals surface area contributed by atoms with E-state index in [4.69, 9.17) is 5.73 Å². The van der Waals surface area contributed by atoms with Gasteiger partial charge < -0.3 is 10.6 Å². The number of nitrogen functional groups attached to an aromatic ring is 1. The summed E-state index contributed by atoms with van der Waals surface area (Å²) in [7, 11) is 0. The van der Waals surface area contributed by atoms with Crippen LogP contribution in [0, 0.1) is 12.8 Å². The Labute approximate surface area is 91.3 Å². The lowest BCUT2D eigenvalue weighted by atomic mass is 10.0. The molecule has 1 aromatic rings. The van der Waals surface area contributed by atoms with E-state index < -0.39 is 0 Å². The summed E-state index contributed by atoms with van der Waals surface area (Å²) in [4.78, 5) is 6.89. The van der Waals surface area contributed by atoms with Gasteiger partial charge in [0.25, 0.3) is 0 Å². The van der Waals surface area contributed by atoms with Gasteiger partial charge in [0.1, 0.15) is 5.82 Å². The molecule has 1 aliphatic heterocycles. The van der Waals surface area contributed by atoms with Crippen molar-refractivity contribution in [1.29, 1.82) is 0 Å². The van der Waals surface area contributed by atoms with Gasteiger partial charge in [-0.3, -0.25) is 0 Å². The van der Waals surface area contributed by atoms with Crippen LogP contribution >= 0.6 is 0 Å². The van der Waals surface area contributed by atoms with Crippen LogP contribution in [0.5, 0.6) is 0 Å². The number of hydrogen-bond acceptors (Lipinski definition) is 3. The van der Waals surface area contributed by atoms with E-state index in [-0.39, 0.29) is 0 Å². The highest BCUT2D eigenvalue weighted by Gasteiger charge is 2.17. The zero-order valence-corrected chi connectivity index (χ0v) is 9.53. The lowest BCUT2D eigenvalue weighted by Crippen LogP contribution is -2.34. The summed E-state index contributed by atoms with van der Waals surface area (Å²) in [6.45, 7) is 6.51. The number of aryl methyl sites for hydroxylation is 1. The first kappa shape index (κ1) is 10.3. The van der Waals surface area contributed by atoms with Gasteiger partial charge in [-0.2, -0.15) is 0 Å². The quantitative estimate of drug-likeness (QED) is 0.764. The van der Waals surface area contributed by atoms with Gasteiger partial charge in [0.2, 0.25) is 0 Å². The Morgan fingerprint density at radius 1 is 1.47 bits per heavy atom. The molecule has 0 saturated carbocycles. The molecule has 2 heterocycles. The molecule has 0 bridgehead atoms. The average molecular weight is 205 g/mol. The van der Waals surface area contributed by atoms with Crippen molar-refractivity contribution in [1.82, 2.24) is 4.98 Å². The molecule has 1 saturated heterocycles. The fraction of sp³-hybridized carbons (Fsp3) is 0.583. The fourth-order valence-electron chi connectivity index (χ4n) is 2.13. The summed E-state index contributed by atoms with van der Waals surface area (Å²) in [5.74, 6) is 1.85. The monoisotopic (exact) mass is 205 g/mol. The number of anilines is 2. The summed E-state index contributed by atoms with van der Waals surface area (Å²) in [6, 6.07) is 3.98. The Balaban J connectivity index is 2.18. The summed E-state index contributed by atoms with van der Waals surface area (Å²) >= 11 is 0. The molecule has 2 N–H and O–H groups in total. The highest BCUT2D eigenvalue weighted by molar-refractivity contribution is 5.50. The van der Waals surface area contributed by atoms with Gasteiger partial charge >= 0.3 is 0 Å². The number of nitrogens with zero attached hydrogens (tertiary/aromatic N) is 2. The highest BCUT2D eigenvalue weighted by Crippen LogP contribution is 2.22.